The van der Waals surface area contributed by atoms with Crippen LogP contribution in [-0.4, -0.2) is 15.0 Å². The molecule has 3 N–H and O–H groups in total. The van der Waals surface area contributed by atoms with Crippen LogP contribution in [0.3, 0.4) is 0 Å². The minimum Gasteiger partial charge on any atom is -0.383 e. The van der Waals surface area contributed by atoms with Crippen LogP contribution in [-0.2, 0) is 12.8 Å². The van der Waals surface area contributed by atoms with Gasteiger partial charge in [-0.15, -0.1) is 0 Å². The van der Waals surface area contributed by atoms with Gasteiger partial charge in [0.05, 0.1) is 17.1 Å². The van der Waals surface area contributed by atoms with Crippen LogP contribution < -0.4 is 11.1 Å². The average molecular weight is 446 g/mol. The number of aryl methyl sites for hydroxylation is 2. The lowest BCUT2D eigenvalue weighted by Gasteiger charge is -2.17. The third-order valence-corrected chi connectivity index (χ3v) is 5.59. The van der Waals surface area contributed by atoms with Gasteiger partial charge in [0.25, 0.3) is 0 Å². The molecule has 0 aliphatic rings. The lowest BCUT2D eigenvalue weighted by Crippen LogP contribution is -2.04. The van der Waals surface area contributed by atoms with Crippen LogP contribution in [0.1, 0.15) is 36.1 Å². The fourth-order valence-corrected chi connectivity index (χ4v) is 4.01. The van der Waals surface area contributed by atoms with Crippen molar-refractivity contribution >= 4 is 34.6 Å². The Morgan fingerprint density at radius 2 is 1.79 bits per heavy atom. The molecule has 166 valence electrons. The topological polar surface area (TPSA) is 124 Å². The van der Waals surface area contributed by atoms with Crippen LogP contribution in [0.4, 0.5) is 17.6 Å². The molecule has 0 bridgehead atoms. The molecular formula is C27H23N7. The van der Waals surface area contributed by atoms with E-state index < -0.39 is 0 Å². The van der Waals surface area contributed by atoms with Gasteiger partial charge in [0.2, 0.25) is 5.95 Å². The maximum Gasteiger partial charge on any atom is 0.230 e. The molecule has 2 heterocycles. The third-order valence-electron chi connectivity index (χ3n) is 5.59. The predicted octanol–water partition coefficient (Wildman–Crippen LogP) is 5.55. The van der Waals surface area contributed by atoms with Gasteiger partial charge in [0.15, 0.2) is 0 Å². The number of nitrogens with one attached hydrogen (secondary N) is 1. The van der Waals surface area contributed by atoms with E-state index in [9.17, 15) is 0 Å². The molecule has 4 rings (SSSR count). The Labute approximate surface area is 198 Å². The number of para-hydroxylation sites is 1. The first-order valence-corrected chi connectivity index (χ1v) is 11.0. The molecule has 7 nitrogen and oxygen atoms in total. The van der Waals surface area contributed by atoms with E-state index in [2.05, 4.69) is 59.5 Å². The molecule has 0 aliphatic heterocycles. The number of hydrogen-bond acceptors (Lipinski definition) is 7. The molecule has 0 saturated heterocycles. The Kier molecular flexibility index (Phi) is 6.47. The smallest absolute Gasteiger partial charge is 0.230 e. The Morgan fingerprint density at radius 1 is 1.03 bits per heavy atom. The van der Waals surface area contributed by atoms with E-state index in [1.807, 2.05) is 18.2 Å². The van der Waals surface area contributed by atoms with Crippen molar-refractivity contribution < 1.29 is 0 Å². The Hall–Kier alpha value is -4.75. The Morgan fingerprint density at radius 3 is 2.41 bits per heavy atom. The second-order valence-corrected chi connectivity index (χ2v) is 7.69. The van der Waals surface area contributed by atoms with E-state index >= 15 is 0 Å². The van der Waals surface area contributed by atoms with E-state index in [1.165, 1.54) is 23.4 Å². The summed E-state index contributed by atoms with van der Waals surface area (Å²) < 4.78 is 0. The largest absolute Gasteiger partial charge is 0.383 e. The lowest BCUT2D eigenvalue weighted by molar-refractivity contribution is 1.09. The van der Waals surface area contributed by atoms with Crippen LogP contribution in [0, 0.1) is 22.7 Å². The monoisotopic (exact) mass is 445 g/mol. The highest BCUT2D eigenvalue weighted by molar-refractivity contribution is 6.00. The lowest BCUT2D eigenvalue weighted by atomic mass is 9.88. The SMILES string of the molecule is CCc1cc(C=CC#N)cc(CC)c1-c1cccc2c(N)nc(Nc3ccc(C#N)cn3)nc12. The first-order valence-electron chi connectivity index (χ1n) is 11.0. The summed E-state index contributed by atoms with van der Waals surface area (Å²) in [6.45, 7) is 4.24. The van der Waals surface area contributed by atoms with Gasteiger partial charge in [-0.2, -0.15) is 15.5 Å². The molecule has 0 atom stereocenters. The van der Waals surface area contributed by atoms with E-state index in [0.717, 1.165) is 40.4 Å². The van der Waals surface area contributed by atoms with Crippen molar-refractivity contribution in [1.29, 1.82) is 10.5 Å². The normalized spacial score (nSPS) is 10.8. The molecule has 34 heavy (non-hydrogen) atoms. The number of benzene rings is 2. The third kappa shape index (κ3) is 4.41. The molecule has 2 aromatic carbocycles. The standard InChI is InChI=1S/C27H23N7/c1-3-19-13-17(7-6-12-28)14-20(4-2)24(19)21-8-5-9-22-25(21)33-27(34-26(22)30)32-23-11-10-18(15-29)16-31-23/h5-11,13-14,16H,3-4H2,1-2H3,(H3,30,31,32,33,34). The van der Waals surface area contributed by atoms with Gasteiger partial charge < -0.3 is 11.1 Å². The van der Waals surface area contributed by atoms with Crippen molar-refractivity contribution in [3.63, 3.8) is 0 Å². The van der Waals surface area contributed by atoms with E-state index in [-0.39, 0.29) is 0 Å². The minimum absolute atomic E-state index is 0.333. The number of allylic oxidation sites excluding steroid dienone is 1. The minimum atomic E-state index is 0.333. The number of aromatic nitrogens is 3. The average Bonchev–Trinajstić information content (AvgIpc) is 2.87. The maximum atomic E-state index is 8.99. The molecule has 0 amide bonds. The number of nitriles is 2. The quantitative estimate of drug-likeness (QED) is 0.373. The molecule has 0 aliphatic carbocycles. The van der Waals surface area contributed by atoms with Crippen molar-refractivity contribution in [1.82, 2.24) is 15.0 Å². The molecule has 7 heteroatoms. The summed E-state index contributed by atoms with van der Waals surface area (Å²) in [6.07, 6.45) is 6.47. The number of nitrogens with zero attached hydrogens (tertiary/aromatic N) is 5. The summed E-state index contributed by atoms with van der Waals surface area (Å²) in [6, 6.07) is 17.7. The first-order chi connectivity index (χ1) is 16.6. The molecule has 0 radical (unpaired) electrons. The fraction of sp³-hybridized carbons (Fsp3) is 0.148. The zero-order valence-electron chi connectivity index (χ0n) is 19.0. The zero-order valence-corrected chi connectivity index (χ0v) is 19.0. The highest BCUT2D eigenvalue weighted by atomic mass is 15.2. The number of hydrogen-bond donors (Lipinski definition) is 2. The van der Waals surface area contributed by atoms with Gasteiger partial charge in [0.1, 0.15) is 17.7 Å². The van der Waals surface area contributed by atoms with Crippen LogP contribution in [0.25, 0.3) is 28.1 Å². The number of rotatable bonds is 6. The maximum absolute atomic E-state index is 8.99. The Bertz CT molecular complexity index is 1450. The van der Waals surface area contributed by atoms with Crippen LogP contribution in [0.5, 0.6) is 0 Å². The fourth-order valence-electron chi connectivity index (χ4n) is 4.01. The summed E-state index contributed by atoms with van der Waals surface area (Å²) in [5.41, 5.74) is 13.0. The van der Waals surface area contributed by atoms with Crippen molar-refractivity contribution in [3.8, 4) is 23.3 Å². The van der Waals surface area contributed by atoms with Gasteiger partial charge in [0, 0.05) is 23.2 Å². The summed E-state index contributed by atoms with van der Waals surface area (Å²) in [5, 5.41) is 21.8. The number of nitrogen functional groups attached to an aromatic ring is 1. The van der Waals surface area contributed by atoms with Crippen molar-refractivity contribution in [2.45, 2.75) is 26.7 Å². The molecule has 2 aromatic heterocycles. The van der Waals surface area contributed by atoms with Gasteiger partial charge in [-0.1, -0.05) is 38.1 Å². The van der Waals surface area contributed by atoms with Crippen molar-refractivity contribution in [2.75, 3.05) is 11.1 Å². The number of pyridine rings is 1. The molecule has 0 spiro atoms. The van der Waals surface area contributed by atoms with Crippen molar-refractivity contribution in [3.05, 3.63) is 77.0 Å². The highest BCUT2D eigenvalue weighted by Crippen LogP contribution is 2.36. The second-order valence-electron chi connectivity index (χ2n) is 7.69. The molecule has 0 fully saturated rings. The summed E-state index contributed by atoms with van der Waals surface area (Å²) >= 11 is 0. The van der Waals surface area contributed by atoms with Crippen LogP contribution >= 0.6 is 0 Å². The van der Waals surface area contributed by atoms with Gasteiger partial charge in [-0.25, -0.2) is 9.97 Å². The second kappa shape index (κ2) is 9.81. The number of nitrogens with two attached hydrogens (primary N) is 1. The summed E-state index contributed by atoms with van der Waals surface area (Å²) in [7, 11) is 0. The highest BCUT2D eigenvalue weighted by Gasteiger charge is 2.16. The summed E-state index contributed by atoms with van der Waals surface area (Å²) in [5.74, 6) is 1.22. The summed E-state index contributed by atoms with van der Waals surface area (Å²) in [4.78, 5) is 13.5. The molecule has 4 aromatic rings. The molecule has 0 saturated carbocycles. The van der Waals surface area contributed by atoms with E-state index in [0.29, 0.717) is 23.1 Å². The van der Waals surface area contributed by atoms with Gasteiger partial charge in [-0.05, 0) is 59.4 Å². The predicted molar refractivity (Wildman–Crippen MR) is 135 cm³/mol. The van der Waals surface area contributed by atoms with Crippen LogP contribution in [0.15, 0.2) is 54.7 Å². The first kappa shape index (κ1) is 22.4. The van der Waals surface area contributed by atoms with Crippen molar-refractivity contribution in [2.24, 2.45) is 0 Å². The van der Waals surface area contributed by atoms with E-state index in [4.69, 9.17) is 21.2 Å². The molecular weight excluding hydrogens is 422 g/mol. The van der Waals surface area contributed by atoms with Gasteiger partial charge >= 0.3 is 0 Å². The van der Waals surface area contributed by atoms with Crippen LogP contribution in [0.2, 0.25) is 0 Å². The van der Waals surface area contributed by atoms with E-state index in [1.54, 1.807) is 12.1 Å². The Balaban J connectivity index is 1.89. The molecule has 0 unspecified atom stereocenters. The number of fused-ring (bicyclic) bond motifs is 1. The van der Waals surface area contributed by atoms with Gasteiger partial charge in [-0.3, -0.25) is 0 Å². The number of anilines is 3. The zero-order chi connectivity index (χ0) is 24.1.